The van der Waals surface area contributed by atoms with Crippen LogP contribution in [0.3, 0.4) is 0 Å². The maximum Gasteiger partial charge on any atom is 0.327 e. The number of hydrogen-bond donors (Lipinski definition) is 0. The van der Waals surface area contributed by atoms with Crippen LogP contribution in [0, 0.1) is 5.41 Å². The first kappa shape index (κ1) is 21.3. The largest absolute Gasteiger partial charge is 0.383 e. The molecule has 0 bridgehead atoms. The molecule has 0 aromatic heterocycles. The van der Waals surface area contributed by atoms with E-state index in [1.807, 2.05) is 32.0 Å². The first-order valence-corrected chi connectivity index (χ1v) is 10.2. The summed E-state index contributed by atoms with van der Waals surface area (Å²) in [5.74, 6) is -0.182. The molecular weight excluding hydrogens is 370 g/mol. The van der Waals surface area contributed by atoms with Crippen LogP contribution in [0.4, 0.5) is 4.79 Å². The number of urea groups is 1. The zero-order valence-electron chi connectivity index (χ0n) is 17.6. The number of carbonyl (C=O) groups is 3. The number of rotatable bonds is 7. The molecule has 2 aliphatic rings. The maximum absolute atomic E-state index is 12.9. The highest BCUT2D eigenvalue weighted by Crippen LogP contribution is 2.30. The topological polar surface area (TPSA) is 70.2 Å². The van der Waals surface area contributed by atoms with Crippen molar-refractivity contribution in [2.45, 2.75) is 39.2 Å². The van der Waals surface area contributed by atoms with Crippen LogP contribution in [-0.2, 0) is 20.7 Å². The van der Waals surface area contributed by atoms with E-state index in [4.69, 9.17) is 4.74 Å². The molecule has 1 unspecified atom stereocenters. The van der Waals surface area contributed by atoms with Gasteiger partial charge in [0.1, 0.15) is 6.04 Å². The number of ether oxygens (including phenoxy) is 1. The second-order valence-corrected chi connectivity index (χ2v) is 8.69. The van der Waals surface area contributed by atoms with E-state index in [2.05, 4.69) is 12.1 Å². The van der Waals surface area contributed by atoms with Crippen LogP contribution in [0.2, 0.25) is 0 Å². The van der Waals surface area contributed by atoms with E-state index in [9.17, 15) is 14.4 Å². The quantitative estimate of drug-likeness (QED) is 0.657. The third-order valence-corrected chi connectivity index (χ3v) is 5.59. The van der Waals surface area contributed by atoms with Gasteiger partial charge in [0.05, 0.1) is 19.7 Å². The Morgan fingerprint density at radius 2 is 1.90 bits per heavy atom. The Labute approximate surface area is 172 Å². The van der Waals surface area contributed by atoms with Gasteiger partial charge in [-0.25, -0.2) is 4.79 Å². The van der Waals surface area contributed by atoms with Crippen molar-refractivity contribution in [3.63, 3.8) is 0 Å². The van der Waals surface area contributed by atoms with Gasteiger partial charge in [-0.1, -0.05) is 44.2 Å². The van der Waals surface area contributed by atoms with Crippen LogP contribution in [0.1, 0.15) is 32.3 Å². The van der Waals surface area contributed by atoms with Gasteiger partial charge in [0, 0.05) is 32.0 Å². The minimum atomic E-state index is -0.598. The Morgan fingerprint density at radius 1 is 1.17 bits per heavy atom. The van der Waals surface area contributed by atoms with Gasteiger partial charge in [0.2, 0.25) is 5.91 Å². The zero-order valence-corrected chi connectivity index (χ0v) is 17.6. The highest BCUT2D eigenvalue weighted by molar-refractivity contribution is 6.04. The van der Waals surface area contributed by atoms with Crippen molar-refractivity contribution in [1.82, 2.24) is 14.7 Å². The van der Waals surface area contributed by atoms with Gasteiger partial charge in [-0.05, 0) is 18.4 Å². The van der Waals surface area contributed by atoms with Crippen LogP contribution in [0.15, 0.2) is 30.3 Å². The van der Waals surface area contributed by atoms with Gasteiger partial charge < -0.3 is 14.5 Å². The SMILES string of the molecule is COCCN1C(=O)C2CN(C(=O)CCCc3ccccc3)CC(C)(C)CN2C1=O. The third-order valence-electron chi connectivity index (χ3n) is 5.59. The van der Waals surface area contributed by atoms with E-state index in [1.165, 1.54) is 10.5 Å². The van der Waals surface area contributed by atoms with Crippen LogP contribution in [0.5, 0.6) is 0 Å². The number of amides is 4. The number of imide groups is 1. The molecule has 2 aliphatic heterocycles. The van der Waals surface area contributed by atoms with Gasteiger partial charge in [0.25, 0.3) is 5.91 Å². The summed E-state index contributed by atoms with van der Waals surface area (Å²) in [5.41, 5.74) is 0.935. The first-order chi connectivity index (χ1) is 13.8. The highest BCUT2D eigenvalue weighted by atomic mass is 16.5. The molecule has 0 saturated carbocycles. The summed E-state index contributed by atoms with van der Waals surface area (Å²) in [7, 11) is 1.54. The van der Waals surface area contributed by atoms with Crippen LogP contribution in [-0.4, -0.2) is 78.5 Å². The van der Waals surface area contributed by atoms with Crippen molar-refractivity contribution >= 4 is 17.8 Å². The Hall–Kier alpha value is -2.41. The summed E-state index contributed by atoms with van der Waals surface area (Å²) in [6.45, 7) is 5.89. The van der Waals surface area contributed by atoms with E-state index in [1.54, 1.807) is 16.9 Å². The molecule has 2 heterocycles. The third kappa shape index (κ3) is 4.96. The molecule has 2 fully saturated rings. The summed E-state index contributed by atoms with van der Waals surface area (Å²) in [6.07, 6.45) is 2.05. The summed E-state index contributed by atoms with van der Waals surface area (Å²) in [4.78, 5) is 43.2. The highest BCUT2D eigenvalue weighted by Gasteiger charge is 2.49. The van der Waals surface area contributed by atoms with Crippen molar-refractivity contribution in [2.24, 2.45) is 5.41 Å². The van der Waals surface area contributed by atoms with E-state index in [0.29, 0.717) is 26.1 Å². The molecule has 158 valence electrons. The number of benzene rings is 1. The maximum atomic E-state index is 12.9. The number of carbonyl (C=O) groups excluding carboxylic acids is 3. The number of hydrogen-bond acceptors (Lipinski definition) is 4. The van der Waals surface area contributed by atoms with Crippen molar-refractivity contribution in [3.8, 4) is 0 Å². The molecule has 0 aliphatic carbocycles. The van der Waals surface area contributed by atoms with Gasteiger partial charge in [0.15, 0.2) is 0 Å². The average Bonchev–Trinajstić information content (AvgIpc) is 2.81. The molecule has 1 atom stereocenters. The fraction of sp³-hybridized carbons (Fsp3) is 0.591. The fourth-order valence-electron chi connectivity index (χ4n) is 4.18. The lowest BCUT2D eigenvalue weighted by atomic mass is 9.92. The molecule has 0 N–H and O–H groups in total. The molecule has 0 spiro atoms. The Morgan fingerprint density at radius 3 is 2.59 bits per heavy atom. The molecule has 3 rings (SSSR count). The minimum absolute atomic E-state index is 0.0476. The zero-order chi connectivity index (χ0) is 21.0. The average molecular weight is 402 g/mol. The molecule has 0 radical (unpaired) electrons. The molecule has 4 amide bonds. The van der Waals surface area contributed by atoms with E-state index < -0.39 is 6.04 Å². The summed E-state index contributed by atoms with van der Waals surface area (Å²) >= 11 is 0. The number of fused-ring (bicyclic) bond motifs is 1. The monoisotopic (exact) mass is 401 g/mol. The van der Waals surface area contributed by atoms with Crippen LogP contribution < -0.4 is 0 Å². The van der Waals surface area contributed by atoms with Gasteiger partial charge in [-0.15, -0.1) is 0 Å². The van der Waals surface area contributed by atoms with Gasteiger partial charge in [-0.2, -0.15) is 0 Å². The second-order valence-electron chi connectivity index (χ2n) is 8.69. The molecule has 7 nitrogen and oxygen atoms in total. The number of aryl methyl sites for hydroxylation is 1. The summed E-state index contributed by atoms with van der Waals surface area (Å²) in [5, 5.41) is 0. The smallest absolute Gasteiger partial charge is 0.327 e. The van der Waals surface area contributed by atoms with Gasteiger partial charge >= 0.3 is 6.03 Å². The Balaban J connectivity index is 1.66. The predicted molar refractivity (Wildman–Crippen MR) is 109 cm³/mol. The molecule has 29 heavy (non-hydrogen) atoms. The van der Waals surface area contributed by atoms with E-state index in [0.717, 1.165) is 12.8 Å². The molecule has 7 heteroatoms. The van der Waals surface area contributed by atoms with Crippen molar-refractivity contribution in [3.05, 3.63) is 35.9 Å². The molecule has 1 aromatic rings. The predicted octanol–water partition coefficient (Wildman–Crippen LogP) is 2.16. The lowest BCUT2D eigenvalue weighted by molar-refractivity contribution is -0.134. The standard InChI is InChI=1S/C22H31N3O4/c1-22(2)15-23(19(26)11-7-10-17-8-5-4-6-9-17)14-18-20(27)24(12-13-29-3)21(28)25(18)16-22/h4-6,8-9,18H,7,10-16H2,1-3H3. The van der Waals surface area contributed by atoms with Crippen molar-refractivity contribution in [2.75, 3.05) is 39.9 Å². The summed E-state index contributed by atoms with van der Waals surface area (Å²) in [6, 6.07) is 9.24. The summed E-state index contributed by atoms with van der Waals surface area (Å²) < 4.78 is 5.03. The van der Waals surface area contributed by atoms with Gasteiger partial charge in [-0.3, -0.25) is 14.5 Å². The lowest BCUT2D eigenvalue weighted by Crippen LogP contribution is -2.44. The normalized spacial score (nSPS) is 21.3. The number of nitrogens with zero attached hydrogens (tertiary/aromatic N) is 3. The van der Waals surface area contributed by atoms with Crippen LogP contribution >= 0.6 is 0 Å². The Bertz CT molecular complexity index is 750. The van der Waals surface area contributed by atoms with E-state index >= 15 is 0 Å². The number of methoxy groups -OCH3 is 1. The molecule has 2 saturated heterocycles. The lowest BCUT2D eigenvalue weighted by Gasteiger charge is -2.30. The Kier molecular flexibility index (Phi) is 6.57. The minimum Gasteiger partial charge on any atom is -0.383 e. The van der Waals surface area contributed by atoms with Crippen molar-refractivity contribution < 1.29 is 19.1 Å². The van der Waals surface area contributed by atoms with Crippen LogP contribution in [0.25, 0.3) is 0 Å². The first-order valence-electron chi connectivity index (χ1n) is 10.2. The second kappa shape index (κ2) is 8.95. The van der Waals surface area contributed by atoms with Crippen molar-refractivity contribution in [1.29, 1.82) is 0 Å². The molecule has 1 aromatic carbocycles. The molecular formula is C22H31N3O4. The fourth-order valence-corrected chi connectivity index (χ4v) is 4.18. The van der Waals surface area contributed by atoms with E-state index in [-0.39, 0.29) is 36.3 Å².